The van der Waals surface area contributed by atoms with E-state index in [0.717, 1.165) is 28.5 Å². The van der Waals surface area contributed by atoms with Crippen LogP contribution < -0.4 is 10.2 Å². The van der Waals surface area contributed by atoms with Crippen molar-refractivity contribution in [1.82, 2.24) is 4.90 Å². The van der Waals surface area contributed by atoms with Gasteiger partial charge in [0.1, 0.15) is 0 Å². The predicted octanol–water partition coefficient (Wildman–Crippen LogP) is 4.07. The highest BCUT2D eigenvalue weighted by Gasteiger charge is 2.19. The highest BCUT2D eigenvalue weighted by Crippen LogP contribution is 2.25. The van der Waals surface area contributed by atoms with E-state index in [1.165, 1.54) is 28.3 Å². The number of anilines is 2. The number of thiophene rings is 1. The molecule has 1 N–H and O–H groups in total. The molecule has 0 saturated carbocycles. The van der Waals surface area contributed by atoms with Crippen molar-refractivity contribution in [2.45, 2.75) is 13.3 Å². The van der Waals surface area contributed by atoms with E-state index < -0.39 is 0 Å². The molecule has 26 heavy (non-hydrogen) atoms. The van der Waals surface area contributed by atoms with E-state index >= 15 is 0 Å². The first-order valence-electron chi connectivity index (χ1n) is 8.58. The highest BCUT2D eigenvalue weighted by atomic mass is 79.9. The average molecular weight is 436 g/mol. The number of hydrogen-bond donors (Lipinski definition) is 1. The summed E-state index contributed by atoms with van der Waals surface area (Å²) >= 11 is 4.70. The molecule has 0 aliphatic carbocycles. The van der Waals surface area contributed by atoms with Crippen LogP contribution in [0.15, 0.2) is 40.2 Å². The third-order valence-corrected chi connectivity index (χ3v) is 6.06. The van der Waals surface area contributed by atoms with Crippen LogP contribution in [0.3, 0.4) is 0 Å². The Balaban J connectivity index is 1.53. The average Bonchev–Trinajstić information content (AvgIpc) is 3.23. The van der Waals surface area contributed by atoms with Gasteiger partial charge in [0.2, 0.25) is 5.91 Å². The van der Waals surface area contributed by atoms with Gasteiger partial charge in [-0.1, -0.05) is 6.92 Å². The van der Waals surface area contributed by atoms with Crippen LogP contribution in [0.1, 0.15) is 23.0 Å². The molecule has 1 aromatic carbocycles. The summed E-state index contributed by atoms with van der Waals surface area (Å²) in [6, 6.07) is 11.5. The molecule has 2 heterocycles. The number of carbonyl (C=O) groups is 2. The number of benzene rings is 1. The molecule has 1 saturated heterocycles. The van der Waals surface area contributed by atoms with Crippen LogP contribution >= 0.6 is 27.3 Å². The topological polar surface area (TPSA) is 52.7 Å². The molecule has 1 aromatic heterocycles. The maximum absolute atomic E-state index is 12.3. The van der Waals surface area contributed by atoms with E-state index in [0.29, 0.717) is 4.88 Å². The molecular weight excluding hydrogens is 414 g/mol. The van der Waals surface area contributed by atoms with Crippen molar-refractivity contribution >= 4 is 50.5 Å². The minimum absolute atomic E-state index is 0.0136. The minimum Gasteiger partial charge on any atom is -0.371 e. The van der Waals surface area contributed by atoms with Crippen molar-refractivity contribution in [3.05, 3.63) is 45.1 Å². The molecule has 138 valence electrons. The van der Waals surface area contributed by atoms with Crippen LogP contribution in [-0.4, -0.2) is 43.4 Å². The lowest BCUT2D eigenvalue weighted by molar-refractivity contribution is -0.116. The fourth-order valence-corrected chi connectivity index (χ4v) is 4.41. The van der Waals surface area contributed by atoms with E-state index in [4.69, 9.17) is 0 Å². The van der Waals surface area contributed by atoms with Crippen molar-refractivity contribution in [3.63, 3.8) is 0 Å². The molecule has 5 nitrogen and oxygen atoms in total. The van der Waals surface area contributed by atoms with Gasteiger partial charge >= 0.3 is 0 Å². The first-order valence-corrected chi connectivity index (χ1v) is 10.2. The fraction of sp³-hybridized carbons (Fsp3) is 0.368. The van der Waals surface area contributed by atoms with Crippen LogP contribution in [-0.2, 0) is 4.79 Å². The van der Waals surface area contributed by atoms with Gasteiger partial charge in [-0.3, -0.25) is 9.59 Å². The lowest BCUT2D eigenvalue weighted by atomic mass is 10.2. The van der Waals surface area contributed by atoms with Gasteiger partial charge in [-0.25, -0.2) is 0 Å². The third-order valence-electron chi connectivity index (χ3n) is 4.45. The minimum atomic E-state index is -0.209. The number of nitrogens with one attached hydrogen (secondary N) is 1. The van der Waals surface area contributed by atoms with Crippen molar-refractivity contribution in [2.24, 2.45) is 5.92 Å². The summed E-state index contributed by atoms with van der Waals surface area (Å²) in [4.78, 5) is 28.9. The van der Waals surface area contributed by atoms with E-state index in [1.54, 1.807) is 13.1 Å². The zero-order chi connectivity index (χ0) is 18.7. The van der Waals surface area contributed by atoms with Gasteiger partial charge in [0.05, 0.1) is 15.2 Å². The van der Waals surface area contributed by atoms with Crippen molar-refractivity contribution in [1.29, 1.82) is 0 Å². The number of nitrogens with zero attached hydrogens (tertiary/aromatic N) is 2. The van der Waals surface area contributed by atoms with Crippen molar-refractivity contribution < 1.29 is 9.59 Å². The lowest BCUT2D eigenvalue weighted by Gasteiger charge is -2.19. The Morgan fingerprint density at radius 3 is 2.58 bits per heavy atom. The smallest absolute Gasteiger partial charge is 0.264 e. The van der Waals surface area contributed by atoms with Crippen LogP contribution in [0.25, 0.3) is 0 Å². The van der Waals surface area contributed by atoms with Crippen LogP contribution in [0.4, 0.5) is 11.4 Å². The second-order valence-electron chi connectivity index (χ2n) is 6.70. The van der Waals surface area contributed by atoms with Gasteiger partial charge in [0.15, 0.2) is 0 Å². The number of rotatable bonds is 5. The molecule has 1 fully saturated rings. The standard InChI is InChI=1S/C19H22BrN3O2S/c1-13-9-10-23(11-13)15-5-3-14(4-6-15)21-18(24)12-22(2)19(25)16-7-8-17(20)26-16/h3-8,13H,9-12H2,1-2H3,(H,21,24). The SMILES string of the molecule is CC1CCN(c2ccc(NC(=O)CN(C)C(=O)c3ccc(Br)s3)cc2)C1. The molecule has 2 amide bonds. The van der Waals surface area contributed by atoms with Gasteiger partial charge in [0, 0.05) is 31.5 Å². The first kappa shape index (κ1) is 18.9. The monoisotopic (exact) mass is 435 g/mol. The summed E-state index contributed by atoms with van der Waals surface area (Å²) in [6.45, 7) is 4.44. The first-order chi connectivity index (χ1) is 12.4. The molecule has 0 spiro atoms. The Morgan fingerprint density at radius 2 is 2.00 bits per heavy atom. The van der Waals surface area contributed by atoms with Crippen molar-refractivity contribution in [3.8, 4) is 0 Å². The van der Waals surface area contributed by atoms with Crippen LogP contribution in [0.2, 0.25) is 0 Å². The van der Waals surface area contributed by atoms with Crippen LogP contribution in [0.5, 0.6) is 0 Å². The Kier molecular flexibility index (Phi) is 5.98. The predicted molar refractivity (Wildman–Crippen MR) is 110 cm³/mol. The van der Waals surface area contributed by atoms with E-state index in [1.807, 2.05) is 30.3 Å². The van der Waals surface area contributed by atoms with Crippen molar-refractivity contribution in [2.75, 3.05) is 36.9 Å². The Hall–Kier alpha value is -1.86. The van der Waals surface area contributed by atoms with E-state index in [-0.39, 0.29) is 18.4 Å². The molecule has 0 radical (unpaired) electrons. The maximum Gasteiger partial charge on any atom is 0.264 e. The second-order valence-corrected chi connectivity index (χ2v) is 9.16. The van der Waals surface area contributed by atoms with Gasteiger partial charge < -0.3 is 15.1 Å². The van der Waals surface area contributed by atoms with Gasteiger partial charge in [-0.15, -0.1) is 11.3 Å². The third kappa shape index (κ3) is 4.65. The number of likely N-dealkylation sites (N-methyl/N-ethyl adjacent to an activating group) is 1. The highest BCUT2D eigenvalue weighted by molar-refractivity contribution is 9.11. The van der Waals surface area contributed by atoms with E-state index in [2.05, 4.69) is 33.1 Å². The molecule has 3 rings (SSSR count). The lowest BCUT2D eigenvalue weighted by Crippen LogP contribution is -2.34. The number of carbonyl (C=O) groups excluding carboxylic acids is 2. The maximum atomic E-state index is 12.3. The molecule has 1 aliphatic heterocycles. The second kappa shape index (κ2) is 8.22. The number of hydrogen-bond acceptors (Lipinski definition) is 4. The van der Waals surface area contributed by atoms with Gasteiger partial charge in [0.25, 0.3) is 5.91 Å². The normalized spacial score (nSPS) is 16.6. The molecule has 1 atom stereocenters. The fourth-order valence-electron chi connectivity index (χ4n) is 3.03. The molecule has 7 heteroatoms. The van der Waals surface area contributed by atoms with Gasteiger partial charge in [-0.2, -0.15) is 0 Å². The zero-order valence-electron chi connectivity index (χ0n) is 14.9. The Labute approximate surface area is 166 Å². The Bertz CT molecular complexity index is 790. The summed E-state index contributed by atoms with van der Waals surface area (Å²) in [5.74, 6) is 0.361. The van der Waals surface area contributed by atoms with E-state index in [9.17, 15) is 9.59 Å². The summed E-state index contributed by atoms with van der Waals surface area (Å²) in [7, 11) is 1.63. The molecule has 1 aliphatic rings. The molecule has 0 bridgehead atoms. The number of amides is 2. The molecule has 2 aromatic rings. The summed E-state index contributed by atoms with van der Waals surface area (Å²) in [5, 5.41) is 2.85. The van der Waals surface area contributed by atoms with Gasteiger partial charge in [-0.05, 0) is 64.7 Å². The molecular formula is C19H22BrN3O2S. The van der Waals surface area contributed by atoms with Crippen LogP contribution in [0, 0.1) is 5.92 Å². The summed E-state index contributed by atoms with van der Waals surface area (Å²) in [6.07, 6.45) is 1.22. The Morgan fingerprint density at radius 1 is 1.27 bits per heavy atom. The molecule has 1 unspecified atom stereocenters. The largest absolute Gasteiger partial charge is 0.371 e. The summed E-state index contributed by atoms with van der Waals surface area (Å²) in [5.41, 5.74) is 1.92. The quantitative estimate of drug-likeness (QED) is 0.769. The summed E-state index contributed by atoms with van der Waals surface area (Å²) < 4.78 is 0.895. The zero-order valence-corrected chi connectivity index (χ0v) is 17.3. The number of halogens is 1.